The van der Waals surface area contributed by atoms with Gasteiger partial charge in [0.1, 0.15) is 24.0 Å². The predicted octanol–water partition coefficient (Wildman–Crippen LogP) is 5.39. The molecule has 0 saturated heterocycles. The maximum absolute atomic E-state index is 12.0. The highest BCUT2D eigenvalue weighted by molar-refractivity contribution is 6.05. The Kier molecular flexibility index (Phi) is 5.48. The van der Waals surface area contributed by atoms with Crippen LogP contribution >= 0.6 is 0 Å². The Balaban J connectivity index is 1.75. The van der Waals surface area contributed by atoms with Crippen LogP contribution in [0.3, 0.4) is 0 Å². The molecule has 1 heterocycles. The first-order valence-electron chi connectivity index (χ1n) is 9.57. The van der Waals surface area contributed by atoms with Crippen LogP contribution in [0, 0.1) is 4.91 Å². The number of hydrogen-bond acceptors (Lipinski definition) is 6. The Morgan fingerprint density at radius 2 is 1.70 bits per heavy atom. The van der Waals surface area contributed by atoms with Crippen molar-refractivity contribution in [3.63, 3.8) is 0 Å². The van der Waals surface area contributed by atoms with Crippen LogP contribution in [0.2, 0.25) is 0 Å². The van der Waals surface area contributed by atoms with Crippen LogP contribution < -0.4 is 9.47 Å². The van der Waals surface area contributed by atoms with Crippen molar-refractivity contribution in [1.29, 1.82) is 0 Å². The van der Waals surface area contributed by atoms with E-state index in [4.69, 9.17) is 13.9 Å². The summed E-state index contributed by atoms with van der Waals surface area (Å²) in [6.07, 6.45) is 1.37. The van der Waals surface area contributed by atoms with Gasteiger partial charge >= 0.3 is 0 Å². The van der Waals surface area contributed by atoms with E-state index in [1.165, 1.54) is 14.2 Å². The molecule has 1 atom stereocenters. The predicted molar refractivity (Wildman–Crippen MR) is 115 cm³/mol. The highest BCUT2D eigenvalue weighted by Gasteiger charge is 2.20. The van der Waals surface area contributed by atoms with Crippen LogP contribution in [0.15, 0.2) is 64.2 Å². The summed E-state index contributed by atoms with van der Waals surface area (Å²) >= 11 is 0. The molecule has 0 bridgehead atoms. The van der Waals surface area contributed by atoms with Crippen LogP contribution in [0.5, 0.6) is 11.5 Å². The van der Waals surface area contributed by atoms with E-state index in [-0.39, 0.29) is 6.54 Å². The average Bonchev–Trinajstić information content (AvgIpc) is 3.15. The number of para-hydroxylation sites is 1. The van der Waals surface area contributed by atoms with Crippen molar-refractivity contribution in [2.24, 2.45) is 5.18 Å². The number of hydrogen-bond donors (Lipinski definition) is 0. The van der Waals surface area contributed by atoms with E-state index in [0.29, 0.717) is 29.0 Å². The fraction of sp³-hybridized carbons (Fsp3) is 0.208. The second-order valence-electron chi connectivity index (χ2n) is 7.07. The number of aldehydes is 1. The summed E-state index contributed by atoms with van der Waals surface area (Å²) in [5, 5.41) is 5.06. The van der Waals surface area contributed by atoms with Gasteiger partial charge in [0.05, 0.1) is 14.2 Å². The molecule has 4 aromatic rings. The van der Waals surface area contributed by atoms with Crippen molar-refractivity contribution in [3.05, 3.63) is 76.2 Å². The topological polar surface area (TPSA) is 78.1 Å². The Bertz CT molecular complexity index is 1230. The van der Waals surface area contributed by atoms with Gasteiger partial charge in [-0.3, -0.25) is 0 Å². The third kappa shape index (κ3) is 3.52. The van der Waals surface area contributed by atoms with Gasteiger partial charge in [-0.05, 0) is 53.4 Å². The zero-order chi connectivity index (χ0) is 21.1. The number of rotatable bonds is 8. The summed E-state index contributed by atoms with van der Waals surface area (Å²) < 4.78 is 16.6. The monoisotopic (exact) mass is 403 g/mol. The number of benzene rings is 3. The van der Waals surface area contributed by atoms with Gasteiger partial charge in [0, 0.05) is 16.7 Å². The molecule has 0 aliphatic heterocycles. The lowest BCUT2D eigenvalue weighted by Crippen LogP contribution is -2.09. The zero-order valence-electron chi connectivity index (χ0n) is 16.8. The minimum atomic E-state index is -0.461. The minimum Gasteiger partial charge on any atom is -0.493 e. The summed E-state index contributed by atoms with van der Waals surface area (Å²) in [7, 11) is 3.06. The fourth-order valence-electron chi connectivity index (χ4n) is 3.87. The molecule has 30 heavy (non-hydrogen) atoms. The Hall–Kier alpha value is -3.67. The van der Waals surface area contributed by atoms with Crippen LogP contribution in [0.4, 0.5) is 0 Å². The van der Waals surface area contributed by atoms with Gasteiger partial charge < -0.3 is 18.7 Å². The lowest BCUT2D eigenvalue weighted by Gasteiger charge is -2.18. The number of carbonyl (C=O) groups is 1. The third-order valence-corrected chi connectivity index (χ3v) is 5.34. The van der Waals surface area contributed by atoms with Gasteiger partial charge in [0.15, 0.2) is 11.5 Å². The molecular formula is C24H21NO5. The SMILES string of the molecule is COc1cc(CN=O)c(C(C=O)Cc2ccc3oc4ccccc4c3c2)cc1OC. The normalized spacial score (nSPS) is 12.1. The Morgan fingerprint density at radius 3 is 2.43 bits per heavy atom. The van der Waals surface area contributed by atoms with Crippen molar-refractivity contribution in [3.8, 4) is 11.5 Å². The molecular weight excluding hydrogens is 382 g/mol. The van der Waals surface area contributed by atoms with Gasteiger partial charge in [0.25, 0.3) is 0 Å². The van der Waals surface area contributed by atoms with E-state index in [9.17, 15) is 9.70 Å². The minimum absolute atomic E-state index is 0.0502. The molecule has 0 aliphatic rings. The molecule has 3 aromatic carbocycles. The summed E-state index contributed by atoms with van der Waals surface area (Å²) in [6, 6.07) is 17.3. The number of methoxy groups -OCH3 is 2. The van der Waals surface area contributed by atoms with Gasteiger partial charge in [-0.25, -0.2) is 0 Å². The van der Waals surface area contributed by atoms with E-state index in [1.54, 1.807) is 12.1 Å². The quantitative estimate of drug-likeness (QED) is 0.291. The lowest BCUT2D eigenvalue weighted by atomic mass is 9.89. The first-order chi connectivity index (χ1) is 14.7. The lowest BCUT2D eigenvalue weighted by molar-refractivity contribution is -0.109. The third-order valence-electron chi connectivity index (χ3n) is 5.34. The molecule has 0 saturated carbocycles. The zero-order valence-corrected chi connectivity index (χ0v) is 16.8. The van der Waals surface area contributed by atoms with Crippen LogP contribution in [-0.2, 0) is 17.8 Å². The second kappa shape index (κ2) is 8.37. The first kappa shape index (κ1) is 19.6. The summed E-state index contributed by atoms with van der Waals surface area (Å²) in [6.45, 7) is -0.0502. The number of carbonyl (C=O) groups excluding carboxylic acids is 1. The standard InChI is InChI=1S/C24H21NO5/c1-28-23-11-16(13-25-27)19(12-24(23)29-2)17(14-26)9-15-7-8-22-20(10-15)18-5-3-4-6-21(18)30-22/h3-8,10-12,14,17H,9,13H2,1-2H3. The van der Waals surface area contributed by atoms with Crippen LogP contribution in [-0.4, -0.2) is 20.5 Å². The number of nitroso groups, excluding NO2 is 1. The summed E-state index contributed by atoms with van der Waals surface area (Å²) in [5.74, 6) is 0.540. The summed E-state index contributed by atoms with van der Waals surface area (Å²) in [5.41, 5.74) is 3.98. The van der Waals surface area contributed by atoms with Crippen molar-refractivity contribution >= 4 is 28.2 Å². The van der Waals surface area contributed by atoms with Gasteiger partial charge in [-0.15, -0.1) is 0 Å². The van der Waals surface area contributed by atoms with Gasteiger partial charge in [0.2, 0.25) is 0 Å². The Labute approximate surface area is 173 Å². The van der Waals surface area contributed by atoms with Crippen molar-refractivity contribution in [1.82, 2.24) is 0 Å². The molecule has 0 spiro atoms. The maximum Gasteiger partial charge on any atom is 0.161 e. The van der Waals surface area contributed by atoms with Crippen LogP contribution in [0.1, 0.15) is 22.6 Å². The van der Waals surface area contributed by atoms with E-state index in [1.807, 2.05) is 36.4 Å². The maximum atomic E-state index is 12.0. The molecule has 6 heteroatoms. The molecule has 1 aromatic heterocycles. The molecule has 0 fully saturated rings. The molecule has 0 radical (unpaired) electrons. The van der Waals surface area contributed by atoms with Gasteiger partial charge in [-0.2, -0.15) is 4.91 Å². The molecule has 0 amide bonds. The number of fused-ring (bicyclic) bond motifs is 3. The second-order valence-corrected chi connectivity index (χ2v) is 7.07. The van der Waals surface area contributed by atoms with Gasteiger partial charge in [-0.1, -0.05) is 29.4 Å². The molecule has 0 aliphatic carbocycles. The van der Waals surface area contributed by atoms with E-state index in [0.717, 1.165) is 33.8 Å². The average molecular weight is 403 g/mol. The van der Waals surface area contributed by atoms with Crippen molar-refractivity contribution in [2.75, 3.05) is 14.2 Å². The smallest absolute Gasteiger partial charge is 0.161 e. The Morgan fingerprint density at radius 1 is 0.967 bits per heavy atom. The number of furan rings is 1. The van der Waals surface area contributed by atoms with E-state index < -0.39 is 5.92 Å². The fourth-order valence-corrected chi connectivity index (χ4v) is 3.87. The largest absolute Gasteiger partial charge is 0.493 e. The number of ether oxygens (including phenoxy) is 2. The molecule has 0 N–H and O–H groups in total. The first-order valence-corrected chi connectivity index (χ1v) is 9.57. The van der Waals surface area contributed by atoms with Crippen LogP contribution in [0.25, 0.3) is 21.9 Å². The summed E-state index contributed by atoms with van der Waals surface area (Å²) in [4.78, 5) is 23.0. The van der Waals surface area contributed by atoms with E-state index in [2.05, 4.69) is 11.2 Å². The van der Waals surface area contributed by atoms with Crippen molar-refractivity contribution < 1.29 is 18.7 Å². The molecule has 4 rings (SSSR count). The van der Waals surface area contributed by atoms with Crippen molar-refractivity contribution in [2.45, 2.75) is 18.9 Å². The van der Waals surface area contributed by atoms with E-state index >= 15 is 0 Å². The number of nitrogens with zero attached hydrogens (tertiary/aromatic N) is 1. The molecule has 1 unspecified atom stereocenters. The molecule has 6 nitrogen and oxygen atoms in total. The molecule has 152 valence electrons. The highest BCUT2D eigenvalue weighted by atomic mass is 16.5. The highest BCUT2D eigenvalue weighted by Crippen LogP contribution is 2.36.